The van der Waals surface area contributed by atoms with Crippen LogP contribution >= 0.6 is 0 Å². The number of carbonyl (C=O) groups excluding carboxylic acids is 1. The molecule has 2 aliphatic rings. The molecule has 5 rings (SSSR count). The van der Waals surface area contributed by atoms with Crippen molar-refractivity contribution in [1.29, 1.82) is 0 Å². The fourth-order valence-electron chi connectivity index (χ4n) is 5.00. The van der Waals surface area contributed by atoms with E-state index in [0.29, 0.717) is 0 Å². The summed E-state index contributed by atoms with van der Waals surface area (Å²) in [5.74, 6) is 0. The van der Waals surface area contributed by atoms with Gasteiger partial charge in [0.1, 0.15) is 0 Å². The zero-order valence-corrected chi connectivity index (χ0v) is 18.0. The van der Waals surface area contributed by atoms with Crippen LogP contribution in [0.3, 0.4) is 0 Å². The van der Waals surface area contributed by atoms with E-state index in [2.05, 4.69) is 65.2 Å². The number of hydrogen-bond donors (Lipinski definition) is 0. The first-order chi connectivity index (χ1) is 15.6. The number of para-hydroxylation sites is 1. The van der Waals surface area contributed by atoms with Crippen LogP contribution in [0.4, 0.5) is 4.79 Å². The fourth-order valence-corrected chi connectivity index (χ4v) is 5.00. The number of nitrogens with zero attached hydrogens (tertiary/aromatic N) is 2. The van der Waals surface area contributed by atoms with Crippen molar-refractivity contribution in [3.63, 3.8) is 0 Å². The van der Waals surface area contributed by atoms with Crippen molar-refractivity contribution in [2.24, 2.45) is 0 Å². The molecule has 164 valence electrons. The van der Waals surface area contributed by atoms with Crippen molar-refractivity contribution < 1.29 is 19.4 Å². The van der Waals surface area contributed by atoms with Crippen LogP contribution in [0.5, 0.6) is 0 Å². The second-order valence-electron chi connectivity index (χ2n) is 8.20. The highest BCUT2D eigenvalue weighted by Gasteiger charge is 2.34. The number of aromatic nitrogens is 1. The van der Waals surface area contributed by atoms with Crippen LogP contribution in [-0.2, 0) is 25.7 Å². The Balaban J connectivity index is 0.000000363. The third-order valence-electron chi connectivity index (χ3n) is 6.25. The summed E-state index contributed by atoms with van der Waals surface area (Å²) in [6.07, 6.45) is 7.85. The molecule has 1 heterocycles. The van der Waals surface area contributed by atoms with Gasteiger partial charge in [-0.15, -0.1) is 0 Å². The molecule has 0 unspecified atom stereocenters. The number of carboxylic acid groups (broad SMARTS) is 1. The second-order valence-corrected chi connectivity index (χ2v) is 8.20. The standard InChI is InChI=1S/C25H26N.CHNO4/c1-3-11-19(12-4-1)25-21-15-7-9-17-23(21)26(20-13-5-2-6-14-20)24-18-10-8-16-22(24)25;3-1(4)2(5)6/h1-6,11-14H,7-10,15-18H2;(H,3,4)/q+1;/p-1. The molecular weight excluding hydrogens is 404 g/mol. The van der Waals surface area contributed by atoms with Gasteiger partial charge >= 0.3 is 6.09 Å². The minimum Gasteiger partial charge on any atom is -0.486 e. The number of carbonyl (C=O) groups is 1. The summed E-state index contributed by atoms with van der Waals surface area (Å²) >= 11 is 0. The average molecular weight is 431 g/mol. The summed E-state index contributed by atoms with van der Waals surface area (Å²) in [6, 6.07) is 22.2. The van der Waals surface area contributed by atoms with Crippen LogP contribution in [0.1, 0.15) is 48.2 Å². The van der Waals surface area contributed by atoms with E-state index in [1.807, 2.05) is 0 Å². The largest absolute Gasteiger partial charge is 0.486 e. The number of benzene rings is 2. The lowest BCUT2D eigenvalue weighted by Gasteiger charge is -2.26. The molecular formula is C26H26N2O4. The molecule has 0 saturated heterocycles. The third-order valence-corrected chi connectivity index (χ3v) is 6.25. The molecule has 0 spiro atoms. The van der Waals surface area contributed by atoms with Crippen molar-refractivity contribution >= 4 is 6.09 Å². The van der Waals surface area contributed by atoms with Crippen molar-refractivity contribution in [1.82, 2.24) is 0 Å². The minimum absolute atomic E-state index is 1.21. The molecule has 0 aliphatic heterocycles. The summed E-state index contributed by atoms with van der Waals surface area (Å²) in [5.41, 5.74) is 10.7. The average Bonchev–Trinajstić information content (AvgIpc) is 2.84. The molecule has 32 heavy (non-hydrogen) atoms. The zero-order valence-electron chi connectivity index (χ0n) is 18.0. The molecule has 0 N–H and O–H groups in total. The van der Waals surface area contributed by atoms with Crippen LogP contribution in [0.15, 0.2) is 60.7 Å². The molecule has 0 fully saturated rings. The van der Waals surface area contributed by atoms with E-state index in [0.717, 1.165) is 0 Å². The monoisotopic (exact) mass is 430 g/mol. The number of fused-ring (bicyclic) bond motifs is 2. The van der Waals surface area contributed by atoms with Gasteiger partial charge in [0, 0.05) is 41.7 Å². The molecule has 6 heteroatoms. The summed E-state index contributed by atoms with van der Waals surface area (Å²) < 4.78 is 2.63. The van der Waals surface area contributed by atoms with Gasteiger partial charge in [0.25, 0.3) is 0 Å². The highest BCUT2D eigenvalue weighted by atomic mass is 16.7. The maximum atomic E-state index is 8.89. The SMILES string of the molecule is O=C([O-])[N+](=O)[O-].c1ccc(-c2c3c([n+](-c4ccccc4)c4c2CCCC4)CCCC3)cc1. The lowest BCUT2D eigenvalue weighted by Crippen LogP contribution is -2.44. The minimum atomic E-state index is -2.27. The van der Waals surface area contributed by atoms with E-state index in [-0.39, 0.29) is 0 Å². The van der Waals surface area contributed by atoms with E-state index in [4.69, 9.17) is 20.0 Å². The van der Waals surface area contributed by atoms with Crippen molar-refractivity contribution in [3.8, 4) is 16.8 Å². The van der Waals surface area contributed by atoms with Crippen LogP contribution in [0.25, 0.3) is 16.8 Å². The Morgan fingerprint density at radius 3 is 1.66 bits per heavy atom. The molecule has 1 aromatic heterocycles. The molecule has 0 bridgehead atoms. The van der Waals surface area contributed by atoms with Gasteiger partial charge < -0.3 is 9.90 Å². The summed E-state index contributed by atoms with van der Waals surface area (Å²) in [5, 5.41) is 17.7. The van der Waals surface area contributed by atoms with Gasteiger partial charge in [0.15, 0.2) is 11.4 Å². The first-order valence-electron chi connectivity index (χ1n) is 11.2. The third kappa shape index (κ3) is 4.40. The maximum Gasteiger partial charge on any atom is 0.401 e. The Morgan fingerprint density at radius 1 is 0.750 bits per heavy atom. The van der Waals surface area contributed by atoms with E-state index in [1.54, 1.807) is 28.1 Å². The molecule has 0 saturated carbocycles. The first-order valence-corrected chi connectivity index (χ1v) is 11.2. The van der Waals surface area contributed by atoms with E-state index >= 15 is 0 Å². The number of nitro groups is 1. The lowest BCUT2D eigenvalue weighted by molar-refractivity contribution is -0.614. The van der Waals surface area contributed by atoms with Crippen molar-refractivity contribution in [2.45, 2.75) is 51.4 Å². The fraction of sp³-hybridized carbons (Fsp3) is 0.308. The van der Waals surface area contributed by atoms with Crippen LogP contribution in [-0.4, -0.2) is 11.0 Å². The van der Waals surface area contributed by atoms with Crippen LogP contribution < -0.4 is 9.67 Å². The predicted octanol–water partition coefficient (Wildman–Crippen LogP) is 3.99. The second kappa shape index (κ2) is 9.73. The number of pyridine rings is 1. The highest BCUT2D eigenvalue weighted by molar-refractivity contribution is 5.72. The molecule has 2 aliphatic carbocycles. The molecule has 0 atom stereocenters. The van der Waals surface area contributed by atoms with Gasteiger partial charge in [-0.25, -0.2) is 0 Å². The molecule has 2 aromatic carbocycles. The Morgan fingerprint density at radius 2 is 1.19 bits per heavy atom. The van der Waals surface area contributed by atoms with Crippen molar-refractivity contribution in [3.05, 3.63) is 93.3 Å². The van der Waals surface area contributed by atoms with Crippen LogP contribution in [0, 0.1) is 10.1 Å². The van der Waals surface area contributed by atoms with Gasteiger partial charge in [0.2, 0.25) is 5.69 Å². The predicted molar refractivity (Wildman–Crippen MR) is 119 cm³/mol. The summed E-state index contributed by atoms with van der Waals surface area (Å²) in [4.78, 5) is 16.2. The Kier molecular flexibility index (Phi) is 6.59. The van der Waals surface area contributed by atoms with E-state index in [9.17, 15) is 0 Å². The zero-order chi connectivity index (χ0) is 22.5. The van der Waals surface area contributed by atoms with Gasteiger partial charge in [-0.3, -0.25) is 10.1 Å². The lowest BCUT2D eigenvalue weighted by atomic mass is 9.81. The summed E-state index contributed by atoms with van der Waals surface area (Å²) in [6.45, 7) is 0. The van der Waals surface area contributed by atoms with Gasteiger partial charge in [-0.2, -0.15) is 4.57 Å². The normalized spacial score (nSPS) is 14.4. The highest BCUT2D eigenvalue weighted by Crippen LogP contribution is 2.37. The van der Waals surface area contributed by atoms with Gasteiger partial charge in [0.05, 0.1) is 4.92 Å². The van der Waals surface area contributed by atoms with Gasteiger partial charge in [-0.1, -0.05) is 48.5 Å². The van der Waals surface area contributed by atoms with Crippen LogP contribution in [0.2, 0.25) is 0 Å². The molecule has 3 aromatic rings. The van der Waals surface area contributed by atoms with E-state index < -0.39 is 11.0 Å². The number of amides is 1. The first kappa shape index (κ1) is 21.7. The van der Waals surface area contributed by atoms with Crippen molar-refractivity contribution in [2.75, 3.05) is 0 Å². The molecule has 6 nitrogen and oxygen atoms in total. The topological polar surface area (TPSA) is 87.1 Å². The molecule has 1 amide bonds. The maximum absolute atomic E-state index is 8.89. The molecule has 0 radical (unpaired) electrons. The summed E-state index contributed by atoms with van der Waals surface area (Å²) in [7, 11) is 0. The smallest absolute Gasteiger partial charge is 0.401 e. The van der Waals surface area contributed by atoms with Gasteiger partial charge in [-0.05, 0) is 44.1 Å². The van der Waals surface area contributed by atoms with E-state index in [1.165, 1.54) is 62.6 Å². The quantitative estimate of drug-likeness (QED) is 0.349. The Labute approximate surface area is 187 Å². The Hall–Kier alpha value is -3.54. The Bertz CT molecular complexity index is 1000. The number of hydrogen-bond acceptors (Lipinski definition) is 4. The number of rotatable bonds is 2.